The molecule has 2 aliphatic heterocycles. The number of rotatable bonds is 2. The molecule has 86 valence electrons. The van der Waals surface area contributed by atoms with Crippen LogP contribution in [0, 0.1) is 5.92 Å². The van der Waals surface area contributed by atoms with Crippen LogP contribution in [0.4, 0.5) is 0 Å². The first kappa shape index (κ1) is 9.97. The maximum atomic E-state index is 5.52. The van der Waals surface area contributed by atoms with Crippen LogP contribution in [0.25, 0.3) is 0 Å². The minimum atomic E-state index is 0.364. The largest absolute Gasteiger partial charge is 0.454 e. The number of likely N-dealkylation sites (tertiary alicyclic amines) is 1. The Labute approximate surface area is 96.0 Å². The molecule has 0 radical (unpaired) electrons. The molecule has 16 heavy (non-hydrogen) atoms. The van der Waals surface area contributed by atoms with Gasteiger partial charge in [0.2, 0.25) is 6.79 Å². The van der Waals surface area contributed by atoms with Crippen LogP contribution in [0.3, 0.4) is 0 Å². The number of para-hydroxylation sites is 1. The van der Waals surface area contributed by atoms with Gasteiger partial charge in [0, 0.05) is 18.7 Å². The van der Waals surface area contributed by atoms with Gasteiger partial charge in [-0.25, -0.2) is 0 Å². The van der Waals surface area contributed by atoms with E-state index in [4.69, 9.17) is 9.47 Å². The maximum Gasteiger partial charge on any atom is 0.231 e. The summed E-state index contributed by atoms with van der Waals surface area (Å²) in [5, 5.41) is 0. The smallest absolute Gasteiger partial charge is 0.231 e. The third kappa shape index (κ3) is 1.76. The van der Waals surface area contributed by atoms with E-state index in [-0.39, 0.29) is 0 Å². The highest BCUT2D eigenvalue weighted by Crippen LogP contribution is 2.36. The minimum absolute atomic E-state index is 0.364. The van der Waals surface area contributed by atoms with Crippen LogP contribution in [0.15, 0.2) is 18.2 Å². The third-order valence-corrected chi connectivity index (χ3v) is 3.38. The first-order valence-electron chi connectivity index (χ1n) is 5.93. The first-order valence-corrected chi connectivity index (χ1v) is 5.93. The molecule has 1 aromatic rings. The van der Waals surface area contributed by atoms with Crippen LogP contribution < -0.4 is 9.47 Å². The topological polar surface area (TPSA) is 21.7 Å². The van der Waals surface area contributed by atoms with E-state index in [0.717, 1.165) is 24.0 Å². The molecule has 0 saturated carbocycles. The Hall–Kier alpha value is -1.22. The van der Waals surface area contributed by atoms with Gasteiger partial charge in [-0.2, -0.15) is 0 Å². The van der Waals surface area contributed by atoms with E-state index < -0.39 is 0 Å². The van der Waals surface area contributed by atoms with E-state index >= 15 is 0 Å². The summed E-state index contributed by atoms with van der Waals surface area (Å²) in [5.41, 5.74) is 1.25. The zero-order valence-electron chi connectivity index (χ0n) is 9.61. The second-order valence-electron chi connectivity index (χ2n) is 4.78. The van der Waals surface area contributed by atoms with Gasteiger partial charge in [-0.05, 0) is 24.9 Å². The molecule has 1 fully saturated rings. The summed E-state index contributed by atoms with van der Waals surface area (Å²) >= 11 is 0. The van der Waals surface area contributed by atoms with Gasteiger partial charge >= 0.3 is 0 Å². The van der Waals surface area contributed by atoms with Crippen molar-refractivity contribution in [2.75, 3.05) is 19.9 Å². The molecule has 1 aromatic carbocycles. The van der Waals surface area contributed by atoms with Crippen molar-refractivity contribution >= 4 is 0 Å². The number of hydrogen-bond acceptors (Lipinski definition) is 3. The molecule has 0 aliphatic carbocycles. The average molecular weight is 219 g/mol. The first-order chi connectivity index (χ1) is 7.83. The lowest BCUT2D eigenvalue weighted by Crippen LogP contribution is -2.19. The predicted octanol–water partition coefficient (Wildman–Crippen LogP) is 2.26. The number of fused-ring (bicyclic) bond motifs is 1. The molecule has 2 aliphatic rings. The molecule has 0 bridgehead atoms. The lowest BCUT2D eigenvalue weighted by Gasteiger charge is -2.16. The van der Waals surface area contributed by atoms with Crippen LogP contribution in [-0.2, 0) is 6.54 Å². The van der Waals surface area contributed by atoms with Crippen molar-refractivity contribution in [1.82, 2.24) is 4.90 Å². The Bertz CT molecular complexity index is 392. The number of hydrogen-bond donors (Lipinski definition) is 0. The molecule has 0 unspecified atom stereocenters. The van der Waals surface area contributed by atoms with Gasteiger partial charge in [-0.3, -0.25) is 4.90 Å². The Morgan fingerprint density at radius 3 is 3.12 bits per heavy atom. The maximum absolute atomic E-state index is 5.52. The van der Waals surface area contributed by atoms with Crippen LogP contribution in [-0.4, -0.2) is 24.8 Å². The Morgan fingerprint density at radius 2 is 2.31 bits per heavy atom. The van der Waals surface area contributed by atoms with E-state index in [0.29, 0.717) is 6.79 Å². The summed E-state index contributed by atoms with van der Waals surface area (Å²) in [4.78, 5) is 2.49. The molecule has 3 nitrogen and oxygen atoms in total. The summed E-state index contributed by atoms with van der Waals surface area (Å²) in [6.45, 7) is 6.06. The molecule has 0 amide bonds. The highest BCUT2D eigenvalue weighted by atomic mass is 16.7. The monoisotopic (exact) mass is 219 g/mol. The van der Waals surface area contributed by atoms with Crippen molar-refractivity contribution in [3.63, 3.8) is 0 Å². The lowest BCUT2D eigenvalue weighted by molar-refractivity contribution is 0.172. The molecule has 1 atom stereocenters. The third-order valence-electron chi connectivity index (χ3n) is 3.38. The van der Waals surface area contributed by atoms with Crippen LogP contribution in [0.5, 0.6) is 11.5 Å². The van der Waals surface area contributed by atoms with Crippen molar-refractivity contribution in [2.45, 2.75) is 19.9 Å². The van der Waals surface area contributed by atoms with E-state index in [2.05, 4.69) is 17.9 Å². The van der Waals surface area contributed by atoms with Crippen molar-refractivity contribution in [3.8, 4) is 11.5 Å². The molecule has 0 aromatic heterocycles. The van der Waals surface area contributed by atoms with Gasteiger partial charge < -0.3 is 9.47 Å². The van der Waals surface area contributed by atoms with E-state index in [9.17, 15) is 0 Å². The Kier molecular flexibility index (Phi) is 2.48. The SMILES string of the molecule is C[C@@H]1CCN(Cc2cccc3c2OCO3)C1. The van der Waals surface area contributed by atoms with Crippen molar-refractivity contribution in [3.05, 3.63) is 23.8 Å². The standard InChI is InChI=1S/C13H17NO2/c1-10-5-6-14(7-10)8-11-3-2-4-12-13(11)16-9-15-12/h2-4,10H,5-9H2,1H3/t10-/m1/s1. The molecule has 0 N–H and O–H groups in total. The molecule has 1 saturated heterocycles. The fraction of sp³-hybridized carbons (Fsp3) is 0.538. The van der Waals surface area contributed by atoms with Gasteiger partial charge in [0.1, 0.15) is 0 Å². The van der Waals surface area contributed by atoms with Crippen LogP contribution >= 0.6 is 0 Å². The summed E-state index contributed by atoms with van der Waals surface area (Å²) < 4.78 is 10.9. The zero-order valence-corrected chi connectivity index (χ0v) is 9.61. The number of nitrogens with zero attached hydrogens (tertiary/aromatic N) is 1. The van der Waals surface area contributed by atoms with E-state index in [1.165, 1.54) is 25.1 Å². The second kappa shape index (κ2) is 3.98. The molecular formula is C13H17NO2. The second-order valence-corrected chi connectivity index (χ2v) is 4.78. The number of benzene rings is 1. The Balaban J connectivity index is 1.77. The molecule has 3 heteroatoms. The highest BCUT2D eigenvalue weighted by Gasteiger charge is 2.22. The normalized spacial score (nSPS) is 23.9. The van der Waals surface area contributed by atoms with Crippen molar-refractivity contribution in [2.24, 2.45) is 5.92 Å². The fourth-order valence-electron chi connectivity index (χ4n) is 2.53. The average Bonchev–Trinajstić information content (AvgIpc) is 2.87. The van der Waals surface area contributed by atoms with E-state index in [1.807, 2.05) is 12.1 Å². The lowest BCUT2D eigenvalue weighted by atomic mass is 10.1. The van der Waals surface area contributed by atoms with Crippen molar-refractivity contribution < 1.29 is 9.47 Å². The van der Waals surface area contributed by atoms with Crippen LogP contribution in [0.1, 0.15) is 18.9 Å². The minimum Gasteiger partial charge on any atom is -0.454 e. The molecular weight excluding hydrogens is 202 g/mol. The summed E-state index contributed by atoms with van der Waals surface area (Å²) in [5.74, 6) is 2.67. The summed E-state index contributed by atoms with van der Waals surface area (Å²) in [7, 11) is 0. The predicted molar refractivity (Wildman–Crippen MR) is 61.6 cm³/mol. The zero-order chi connectivity index (χ0) is 11.0. The van der Waals surface area contributed by atoms with Gasteiger partial charge in [0.15, 0.2) is 11.5 Å². The quantitative estimate of drug-likeness (QED) is 0.761. The van der Waals surface area contributed by atoms with Gasteiger partial charge in [-0.15, -0.1) is 0 Å². The van der Waals surface area contributed by atoms with Crippen LogP contribution in [0.2, 0.25) is 0 Å². The summed E-state index contributed by atoms with van der Waals surface area (Å²) in [6.07, 6.45) is 1.31. The fourth-order valence-corrected chi connectivity index (χ4v) is 2.53. The van der Waals surface area contributed by atoms with Crippen molar-refractivity contribution in [1.29, 1.82) is 0 Å². The van der Waals surface area contributed by atoms with Gasteiger partial charge in [0.05, 0.1) is 0 Å². The molecule has 0 spiro atoms. The van der Waals surface area contributed by atoms with E-state index in [1.54, 1.807) is 0 Å². The molecule has 2 heterocycles. The number of ether oxygens (including phenoxy) is 2. The Morgan fingerprint density at radius 1 is 1.38 bits per heavy atom. The molecule has 3 rings (SSSR count). The summed E-state index contributed by atoms with van der Waals surface area (Å²) in [6, 6.07) is 6.15. The van der Waals surface area contributed by atoms with Gasteiger partial charge in [0.25, 0.3) is 0 Å². The highest BCUT2D eigenvalue weighted by molar-refractivity contribution is 5.48. The van der Waals surface area contributed by atoms with Gasteiger partial charge in [-0.1, -0.05) is 19.1 Å².